The number of aldehydes is 1. The van der Waals surface area contributed by atoms with Crippen LogP contribution < -0.4 is 11.3 Å². The quantitative estimate of drug-likeness (QED) is 0.0814. The lowest BCUT2D eigenvalue weighted by molar-refractivity contribution is -0.136. The number of rotatable bonds is 11. The molecule has 22 nitrogen and oxygen atoms in total. The number of nitrogens with zero attached hydrogens (tertiary/aromatic N) is 3. The van der Waals surface area contributed by atoms with Crippen LogP contribution in [-0.4, -0.2) is 132 Å². The molecule has 1 aliphatic rings. The van der Waals surface area contributed by atoms with E-state index in [1.165, 1.54) is 0 Å². The summed E-state index contributed by atoms with van der Waals surface area (Å²) in [7, 11) is -10.5. The van der Waals surface area contributed by atoms with E-state index in [9.17, 15) is 33.8 Å². The molecule has 1 fully saturated rings. The molecule has 9 atom stereocenters. The maximum atomic E-state index is 11.8. The van der Waals surface area contributed by atoms with E-state index >= 15 is 0 Å². The number of aromatic amines is 1. The van der Waals surface area contributed by atoms with Crippen molar-refractivity contribution in [3.8, 4) is 0 Å². The first-order valence-corrected chi connectivity index (χ1v) is 13.5. The van der Waals surface area contributed by atoms with Crippen LogP contribution in [0.15, 0.2) is 11.1 Å². The van der Waals surface area contributed by atoms with E-state index in [0.29, 0.717) is 0 Å². The molecule has 2 aromatic heterocycles. The number of aliphatic hydroxyl groups excluding tert-OH is 5. The van der Waals surface area contributed by atoms with Crippen molar-refractivity contribution in [2.45, 2.75) is 48.9 Å². The van der Waals surface area contributed by atoms with Gasteiger partial charge in [0.2, 0.25) is 5.95 Å². The Balaban J connectivity index is 0.000000374. The molecule has 24 heteroatoms. The van der Waals surface area contributed by atoms with Crippen LogP contribution in [0.1, 0.15) is 8.97 Å². The van der Waals surface area contributed by atoms with E-state index in [-0.39, 0.29) is 23.4 Å². The van der Waals surface area contributed by atoms with Gasteiger partial charge < -0.3 is 65.7 Å². The molecule has 0 spiro atoms. The van der Waals surface area contributed by atoms with Crippen LogP contribution in [0.4, 0.5) is 5.95 Å². The van der Waals surface area contributed by atoms with Gasteiger partial charge >= 0.3 is 15.6 Å². The number of hydrogen-bond donors (Lipinski definition) is 12. The van der Waals surface area contributed by atoms with Crippen LogP contribution in [0.25, 0.3) is 11.2 Å². The fourth-order valence-corrected chi connectivity index (χ4v) is 4.62. The molecular formula is C16H27N5O17P2. The molecule has 0 bridgehead atoms. The normalized spacial score (nSPS) is 28.1. The minimum atomic E-state index is -5.32. The van der Waals surface area contributed by atoms with Gasteiger partial charge in [0.05, 0.1) is 22.3 Å². The number of carbonyl (C=O) groups excluding carboxylic acids is 1. The third-order valence-electron chi connectivity index (χ3n) is 4.83. The average Bonchev–Trinajstić information content (AvgIpc) is 3.41. The van der Waals surface area contributed by atoms with Crippen molar-refractivity contribution in [1.82, 2.24) is 19.5 Å². The molecule has 0 saturated carbocycles. The zero-order valence-electron chi connectivity index (χ0n) is 21.7. The van der Waals surface area contributed by atoms with Crippen molar-refractivity contribution in [3.63, 3.8) is 0 Å². The monoisotopic (exact) mass is 627 g/mol. The predicted octanol–water partition coefficient (Wildman–Crippen LogP) is -5.83. The summed E-state index contributed by atoms with van der Waals surface area (Å²) in [5, 5.41) is 64.5. The van der Waals surface area contributed by atoms with Gasteiger partial charge in [-0.25, -0.2) is 14.1 Å². The summed E-state index contributed by atoms with van der Waals surface area (Å²) in [4.78, 5) is 58.1. The first-order chi connectivity index (χ1) is 19.1. The number of hydrogen-bond acceptors (Lipinski definition) is 17. The Morgan fingerprint density at radius 3 is 2.38 bits per heavy atom. The van der Waals surface area contributed by atoms with Gasteiger partial charge in [0, 0.05) is 0 Å². The average molecular weight is 627 g/mol. The number of phosphoric acid groups is 2. The summed E-state index contributed by atoms with van der Waals surface area (Å²) in [6.07, 6.45) is -16.3. The Hall–Kier alpha value is -2.24. The third-order valence-corrected chi connectivity index (χ3v) is 6.99. The highest BCUT2D eigenvalue weighted by atomic mass is 31.3. The van der Waals surface area contributed by atoms with E-state index < -0.39 is 83.3 Å². The molecule has 2 aromatic rings. The summed E-state index contributed by atoms with van der Waals surface area (Å²) >= 11 is 0. The molecule has 0 aromatic carbocycles. The Morgan fingerprint density at radius 1 is 1.20 bits per heavy atom. The number of anilines is 1. The molecular weight excluding hydrogens is 596 g/mol. The van der Waals surface area contributed by atoms with Gasteiger partial charge in [0.1, 0.15) is 42.7 Å². The van der Waals surface area contributed by atoms with Gasteiger partial charge in [0.15, 0.2) is 23.7 Å². The zero-order chi connectivity index (χ0) is 32.4. The highest BCUT2D eigenvalue weighted by Gasteiger charge is 2.46. The van der Waals surface area contributed by atoms with Gasteiger partial charge in [-0.05, 0) is 0 Å². The van der Waals surface area contributed by atoms with Crippen LogP contribution in [0.5, 0.6) is 0 Å². The van der Waals surface area contributed by atoms with Gasteiger partial charge in [-0.2, -0.15) is 9.29 Å². The topological polar surface area (TPSA) is 371 Å². The third kappa shape index (κ3) is 8.63. The molecule has 0 aliphatic carbocycles. The Labute approximate surface area is 224 Å². The molecule has 40 heavy (non-hydrogen) atoms. The van der Waals surface area contributed by atoms with Gasteiger partial charge in [0.25, 0.3) is 5.56 Å². The van der Waals surface area contributed by atoms with Crippen molar-refractivity contribution < 1.29 is 80.7 Å². The number of carbonyl (C=O) groups is 1. The highest BCUT2D eigenvalue weighted by molar-refractivity contribution is 7.60. The number of imidazole rings is 1. The Kier molecular flexibility index (Phi) is 10.5. The van der Waals surface area contributed by atoms with E-state index in [4.69, 9.17) is 48.5 Å². The molecule has 228 valence electrons. The Bertz CT molecular complexity index is 1400. The lowest BCUT2D eigenvalue weighted by atomic mass is 10.0. The van der Waals surface area contributed by atoms with Crippen molar-refractivity contribution in [2.75, 3.05) is 18.9 Å². The number of nitrogens with one attached hydrogen (secondary N) is 1. The number of phosphoric ester groups is 1. The summed E-state index contributed by atoms with van der Waals surface area (Å²) in [6, 6.07) is 0. The first kappa shape index (κ1) is 30.7. The fraction of sp³-hybridized carbons (Fsp3) is 0.625. The molecule has 0 radical (unpaired) electrons. The number of aromatic nitrogens is 4. The summed E-state index contributed by atoms with van der Waals surface area (Å²) in [6.45, 7) is -1.97. The van der Waals surface area contributed by atoms with E-state index in [2.05, 4.69) is 23.8 Å². The summed E-state index contributed by atoms with van der Waals surface area (Å²) < 4.78 is 50.5. The minimum absolute atomic E-state index is 0.0586. The smallest absolute Gasteiger partial charge is 0.394 e. The van der Waals surface area contributed by atoms with Gasteiger partial charge in [-0.15, -0.1) is 0 Å². The predicted molar refractivity (Wildman–Crippen MR) is 125 cm³/mol. The second-order valence-electron chi connectivity index (χ2n) is 7.71. The van der Waals surface area contributed by atoms with Crippen LogP contribution in [-0.2, 0) is 27.5 Å². The van der Waals surface area contributed by atoms with Crippen molar-refractivity contribution in [3.05, 3.63) is 16.7 Å². The fourth-order valence-electron chi connectivity index (χ4n) is 3.02. The number of aliphatic hydroxyl groups is 7. The molecule has 3 heterocycles. The number of H-pyrrole nitrogens is 1. The minimum Gasteiger partial charge on any atom is -0.394 e. The van der Waals surface area contributed by atoms with Crippen LogP contribution >= 0.6 is 15.6 Å². The van der Waals surface area contributed by atoms with Crippen LogP contribution in [0, 0.1) is 0 Å². The van der Waals surface area contributed by atoms with Crippen molar-refractivity contribution in [2.24, 2.45) is 0 Å². The largest absolute Gasteiger partial charge is 0.481 e. The van der Waals surface area contributed by atoms with Crippen molar-refractivity contribution >= 4 is 39.0 Å². The Morgan fingerprint density at radius 2 is 1.82 bits per heavy atom. The number of ether oxygens (including phenoxy) is 1. The van der Waals surface area contributed by atoms with E-state index in [1.807, 2.05) is 0 Å². The lowest BCUT2D eigenvalue weighted by Gasteiger charge is -2.22. The second kappa shape index (κ2) is 13.6. The summed E-state index contributed by atoms with van der Waals surface area (Å²) in [5.41, 5.74) is 4.65. The van der Waals surface area contributed by atoms with E-state index in [0.717, 1.165) is 10.9 Å². The van der Waals surface area contributed by atoms with Crippen molar-refractivity contribution in [1.29, 1.82) is 0 Å². The van der Waals surface area contributed by atoms with Crippen LogP contribution in [0.3, 0.4) is 0 Å². The number of nitrogen functional groups attached to an aromatic ring is 1. The SMILES string of the molecule is Nc1nc2c(ncn2[C@@H]2O[C@H](COP(=O)(O)OP(=O)(O)O)[C@@H](O)[C@H]2O)c(=O)[nH]1.[3H][C@@](O)([C@H](O)C=O)[C@]([3H])(O)[C@H](O)CO. The zero-order valence-corrected chi connectivity index (χ0v) is 21.5. The number of nitrogens with two attached hydrogens (primary N) is 1. The van der Waals surface area contributed by atoms with Crippen LogP contribution in [0.2, 0.25) is 0 Å². The van der Waals surface area contributed by atoms with E-state index in [1.54, 1.807) is 0 Å². The molecule has 3 rings (SSSR count). The maximum absolute atomic E-state index is 11.8. The molecule has 1 aliphatic heterocycles. The molecule has 1 saturated heterocycles. The molecule has 13 N–H and O–H groups in total. The van der Waals surface area contributed by atoms with Gasteiger partial charge in [-0.1, -0.05) is 0 Å². The lowest BCUT2D eigenvalue weighted by Crippen LogP contribution is -2.46. The summed E-state index contributed by atoms with van der Waals surface area (Å²) in [5.74, 6) is -0.233. The first-order valence-electron chi connectivity index (χ1n) is 11.4. The van der Waals surface area contributed by atoms with Gasteiger partial charge in [-0.3, -0.25) is 18.9 Å². The number of fused-ring (bicyclic) bond motifs is 1. The highest BCUT2D eigenvalue weighted by Crippen LogP contribution is 2.57. The molecule has 0 amide bonds. The standard InChI is InChI=1S/C10H15N5O11P2.C6H12O6/c11-10-13-7-4(8(18)14-10)12-2-15(7)9-6(17)5(16)3(25-9)1-24-28(22,23)26-27(19,20)21;7-1-3(9)5(11)6(12)4(10)2-8/h2-3,5-6,9,16-17H,1H2,(H,22,23)(H2,19,20,21)(H3,11,13,14,18);1,3-6,8-12H,2H2/t3-,5-,6-,9-;3-,4-,5-,6-/m11/s1/i;5T,6T. The second-order valence-corrected chi connectivity index (χ2v) is 10.5. The maximum Gasteiger partial charge on any atom is 0.481 e. The molecule has 1 unspecified atom stereocenters.